The van der Waals surface area contributed by atoms with Crippen molar-refractivity contribution in [2.24, 2.45) is 5.84 Å². The second-order valence-electron chi connectivity index (χ2n) is 3.67. The number of aromatic nitrogens is 1. The molecule has 6 heteroatoms. The summed E-state index contributed by atoms with van der Waals surface area (Å²) in [5, 5.41) is 0.739. The number of fused-ring (bicyclic) bond motifs is 3. The van der Waals surface area contributed by atoms with Crippen molar-refractivity contribution in [3.63, 3.8) is 0 Å². The summed E-state index contributed by atoms with van der Waals surface area (Å²) in [6.45, 7) is 0.674. The summed E-state index contributed by atoms with van der Waals surface area (Å²) < 4.78 is 6.73. The van der Waals surface area contributed by atoms with Gasteiger partial charge in [0.05, 0.1) is 12.3 Å². The summed E-state index contributed by atoms with van der Waals surface area (Å²) in [6, 6.07) is 5.96. The van der Waals surface area contributed by atoms with Crippen LogP contribution in [0.3, 0.4) is 0 Å². The average molecular weight is 312 g/mol. The predicted octanol–water partition coefficient (Wildman–Crippen LogP) is 2.79. The Morgan fingerprint density at radius 2 is 2.35 bits per heavy atom. The molecule has 4 nitrogen and oxygen atoms in total. The van der Waals surface area contributed by atoms with Crippen molar-refractivity contribution >= 4 is 32.4 Å². The molecular weight excluding hydrogens is 302 g/mol. The number of thiazole rings is 1. The highest BCUT2D eigenvalue weighted by atomic mass is 79.9. The first kappa shape index (κ1) is 11.0. The van der Waals surface area contributed by atoms with E-state index < -0.39 is 0 Å². The minimum atomic E-state index is 0.674. The number of rotatable bonds is 1. The van der Waals surface area contributed by atoms with Crippen LogP contribution in [0.25, 0.3) is 11.3 Å². The summed E-state index contributed by atoms with van der Waals surface area (Å²) in [6.07, 6.45) is 0.862. The Hall–Kier alpha value is -1.11. The Balaban J connectivity index is 2.21. The zero-order chi connectivity index (χ0) is 11.8. The molecule has 2 aromatic rings. The van der Waals surface area contributed by atoms with Gasteiger partial charge in [0.1, 0.15) is 5.75 Å². The van der Waals surface area contributed by atoms with Crippen molar-refractivity contribution < 1.29 is 4.74 Å². The number of nitrogens with two attached hydrogens (primary N) is 1. The molecule has 0 amide bonds. The maximum atomic E-state index is 5.71. The van der Waals surface area contributed by atoms with Crippen LogP contribution in [0, 0.1) is 0 Å². The first-order valence-electron chi connectivity index (χ1n) is 5.17. The van der Waals surface area contributed by atoms with Gasteiger partial charge in [-0.2, -0.15) is 0 Å². The van der Waals surface area contributed by atoms with Gasteiger partial charge in [-0.25, -0.2) is 10.8 Å². The number of nitrogen functional groups attached to an aromatic ring is 1. The van der Waals surface area contributed by atoms with E-state index in [1.807, 2.05) is 18.2 Å². The highest BCUT2D eigenvalue weighted by molar-refractivity contribution is 9.10. The molecule has 0 radical (unpaired) electrons. The van der Waals surface area contributed by atoms with E-state index in [0.717, 1.165) is 33.0 Å². The van der Waals surface area contributed by atoms with Gasteiger partial charge in [-0.3, -0.25) is 5.43 Å². The average Bonchev–Trinajstić information content (AvgIpc) is 2.67. The monoisotopic (exact) mass is 311 g/mol. The van der Waals surface area contributed by atoms with Gasteiger partial charge >= 0.3 is 0 Å². The third-order valence-electron chi connectivity index (χ3n) is 2.60. The minimum Gasteiger partial charge on any atom is -0.493 e. The number of nitrogens with one attached hydrogen (secondary N) is 1. The lowest BCUT2D eigenvalue weighted by atomic mass is 10.1. The molecule has 3 rings (SSSR count). The number of hydrogen-bond acceptors (Lipinski definition) is 5. The van der Waals surface area contributed by atoms with Gasteiger partial charge in [-0.05, 0) is 18.2 Å². The number of hydrogen-bond donors (Lipinski definition) is 2. The number of ether oxygens (including phenoxy) is 1. The Morgan fingerprint density at radius 1 is 1.47 bits per heavy atom. The van der Waals surface area contributed by atoms with E-state index in [1.165, 1.54) is 4.88 Å². The van der Waals surface area contributed by atoms with Crippen molar-refractivity contribution in [3.8, 4) is 17.0 Å². The van der Waals surface area contributed by atoms with E-state index in [0.29, 0.717) is 6.61 Å². The van der Waals surface area contributed by atoms with E-state index in [2.05, 4.69) is 26.3 Å². The quantitative estimate of drug-likeness (QED) is 0.628. The minimum absolute atomic E-state index is 0.674. The number of benzene rings is 1. The zero-order valence-corrected chi connectivity index (χ0v) is 11.3. The third-order valence-corrected chi connectivity index (χ3v) is 4.14. The molecule has 3 N–H and O–H groups in total. The number of hydrazine groups is 1. The van der Waals surface area contributed by atoms with Crippen LogP contribution in [0.4, 0.5) is 5.13 Å². The Bertz CT molecular complexity index is 570. The second kappa shape index (κ2) is 4.29. The van der Waals surface area contributed by atoms with Crippen LogP contribution in [0.1, 0.15) is 4.88 Å². The van der Waals surface area contributed by atoms with Crippen LogP contribution in [0.15, 0.2) is 22.7 Å². The highest BCUT2D eigenvalue weighted by Crippen LogP contribution is 2.39. The van der Waals surface area contributed by atoms with Gasteiger partial charge in [0, 0.05) is 21.3 Å². The standard InChI is InChI=1S/C11H10BrN3OS/c12-6-1-2-8-7(5-6)10-9(3-4-16-8)17-11(14-10)15-13/h1-2,5H,3-4,13H2,(H,14,15). The number of anilines is 1. The lowest BCUT2D eigenvalue weighted by molar-refractivity contribution is 0.327. The lowest BCUT2D eigenvalue weighted by Crippen LogP contribution is -2.05. The first-order chi connectivity index (χ1) is 8.28. The molecule has 0 saturated heterocycles. The van der Waals surface area contributed by atoms with Crippen LogP contribution in [-0.4, -0.2) is 11.6 Å². The van der Waals surface area contributed by atoms with Gasteiger partial charge in [0.15, 0.2) is 5.13 Å². The van der Waals surface area contributed by atoms with Crippen LogP contribution in [0.5, 0.6) is 5.75 Å². The first-order valence-corrected chi connectivity index (χ1v) is 6.78. The predicted molar refractivity (Wildman–Crippen MR) is 72.3 cm³/mol. The Morgan fingerprint density at radius 3 is 3.18 bits per heavy atom. The van der Waals surface area contributed by atoms with E-state index >= 15 is 0 Å². The molecule has 1 aromatic heterocycles. The van der Waals surface area contributed by atoms with Crippen molar-refractivity contribution in [2.75, 3.05) is 12.0 Å². The maximum Gasteiger partial charge on any atom is 0.197 e. The largest absolute Gasteiger partial charge is 0.493 e. The summed E-state index contributed by atoms with van der Waals surface area (Å²) >= 11 is 5.05. The molecule has 0 saturated carbocycles. The molecule has 88 valence electrons. The number of nitrogens with zero attached hydrogens (tertiary/aromatic N) is 1. The normalized spacial score (nSPS) is 13.3. The van der Waals surface area contributed by atoms with Gasteiger partial charge in [0.25, 0.3) is 0 Å². The van der Waals surface area contributed by atoms with Gasteiger partial charge < -0.3 is 4.74 Å². The summed E-state index contributed by atoms with van der Waals surface area (Å²) in [4.78, 5) is 5.70. The molecule has 0 fully saturated rings. The van der Waals surface area contributed by atoms with Gasteiger partial charge in [0.2, 0.25) is 0 Å². The Kier molecular flexibility index (Phi) is 2.78. The molecular formula is C11H10BrN3OS. The molecule has 2 heterocycles. The fourth-order valence-corrected chi connectivity index (χ4v) is 3.09. The van der Waals surface area contributed by atoms with Crippen molar-refractivity contribution in [1.29, 1.82) is 0 Å². The maximum absolute atomic E-state index is 5.71. The smallest absolute Gasteiger partial charge is 0.197 e. The van der Waals surface area contributed by atoms with Crippen molar-refractivity contribution in [3.05, 3.63) is 27.5 Å². The van der Waals surface area contributed by atoms with Crippen LogP contribution < -0.4 is 16.0 Å². The van der Waals surface area contributed by atoms with Gasteiger partial charge in [-0.15, -0.1) is 11.3 Å². The summed E-state index contributed by atoms with van der Waals surface area (Å²) in [7, 11) is 0. The van der Waals surface area contributed by atoms with Crippen molar-refractivity contribution in [1.82, 2.24) is 4.98 Å². The molecule has 1 aliphatic rings. The fraction of sp³-hybridized carbons (Fsp3) is 0.182. The molecule has 0 atom stereocenters. The fourth-order valence-electron chi connectivity index (χ4n) is 1.86. The van der Waals surface area contributed by atoms with Crippen molar-refractivity contribution in [2.45, 2.75) is 6.42 Å². The highest BCUT2D eigenvalue weighted by Gasteiger charge is 2.20. The third kappa shape index (κ3) is 1.92. The molecule has 0 unspecified atom stereocenters. The summed E-state index contributed by atoms with van der Waals surface area (Å²) in [5.41, 5.74) is 4.59. The lowest BCUT2D eigenvalue weighted by Gasteiger charge is -2.06. The second-order valence-corrected chi connectivity index (χ2v) is 5.67. The molecule has 0 spiro atoms. The molecule has 0 aliphatic carbocycles. The SMILES string of the molecule is NNc1nc2c(s1)CCOc1ccc(Br)cc1-2. The van der Waals surface area contributed by atoms with E-state index in [4.69, 9.17) is 10.6 Å². The van der Waals surface area contributed by atoms with Crippen LogP contribution in [-0.2, 0) is 6.42 Å². The molecule has 1 aliphatic heterocycles. The van der Waals surface area contributed by atoms with Crippen LogP contribution >= 0.6 is 27.3 Å². The molecule has 0 bridgehead atoms. The topological polar surface area (TPSA) is 60.2 Å². The number of halogens is 1. The Labute approximate surface area is 111 Å². The molecule has 17 heavy (non-hydrogen) atoms. The van der Waals surface area contributed by atoms with Gasteiger partial charge in [-0.1, -0.05) is 15.9 Å². The zero-order valence-electron chi connectivity index (χ0n) is 8.87. The molecule has 1 aromatic carbocycles. The summed E-state index contributed by atoms with van der Waals surface area (Å²) in [5.74, 6) is 6.28. The van der Waals surface area contributed by atoms with Crippen LogP contribution in [0.2, 0.25) is 0 Å². The van der Waals surface area contributed by atoms with E-state index in [9.17, 15) is 0 Å². The van der Waals surface area contributed by atoms with E-state index in [1.54, 1.807) is 11.3 Å². The van der Waals surface area contributed by atoms with E-state index in [-0.39, 0.29) is 0 Å².